The second kappa shape index (κ2) is 8.37. The number of hydrogen-bond donors (Lipinski definition) is 2. The lowest BCUT2D eigenvalue weighted by Gasteiger charge is -2.26. The van der Waals surface area contributed by atoms with Gasteiger partial charge in [-0.05, 0) is 32.9 Å². The molecule has 2 aromatic rings. The second-order valence-corrected chi connectivity index (χ2v) is 6.22. The minimum atomic E-state index is -0.972. The molecular weight excluding hydrogens is 336 g/mol. The lowest BCUT2D eigenvalue weighted by atomic mass is 10.1. The zero-order valence-electron chi connectivity index (χ0n) is 15.0. The number of pyridine rings is 1. The Kier molecular flexibility index (Phi) is 6.21. The predicted molar refractivity (Wildman–Crippen MR) is 95.6 cm³/mol. The van der Waals surface area contributed by atoms with Gasteiger partial charge in [-0.1, -0.05) is 0 Å². The Labute approximate surface area is 150 Å². The fourth-order valence-electron chi connectivity index (χ4n) is 2.60. The molecule has 0 fully saturated rings. The molecule has 2 aromatic heterocycles. The minimum Gasteiger partial charge on any atom is -0.481 e. The SMILES string of the molecule is Cc1nc(-c2cccnc2)[nH]c(=O)c1CC(=O)N(CCC(=O)O)C(C)C. The summed E-state index contributed by atoms with van der Waals surface area (Å²) in [4.78, 5) is 48.3. The molecule has 0 bridgehead atoms. The first-order chi connectivity index (χ1) is 12.3. The normalized spacial score (nSPS) is 10.8. The van der Waals surface area contributed by atoms with Crippen molar-refractivity contribution in [2.24, 2.45) is 0 Å². The summed E-state index contributed by atoms with van der Waals surface area (Å²) in [7, 11) is 0. The van der Waals surface area contributed by atoms with Gasteiger partial charge >= 0.3 is 5.97 Å². The highest BCUT2D eigenvalue weighted by Crippen LogP contribution is 2.13. The summed E-state index contributed by atoms with van der Waals surface area (Å²) in [5.74, 6) is -0.880. The molecule has 2 rings (SSSR count). The molecule has 26 heavy (non-hydrogen) atoms. The largest absolute Gasteiger partial charge is 0.481 e. The number of carboxylic acids is 1. The van der Waals surface area contributed by atoms with Gasteiger partial charge in [0.1, 0.15) is 5.82 Å². The number of aromatic amines is 1. The van der Waals surface area contributed by atoms with Gasteiger partial charge in [0.05, 0.1) is 12.8 Å². The number of nitrogens with one attached hydrogen (secondary N) is 1. The van der Waals surface area contributed by atoms with Crippen LogP contribution >= 0.6 is 0 Å². The Morgan fingerprint density at radius 1 is 1.35 bits per heavy atom. The molecule has 0 aliphatic heterocycles. The number of H-pyrrole nitrogens is 1. The number of aliphatic carboxylic acids is 1. The van der Waals surface area contributed by atoms with E-state index < -0.39 is 5.97 Å². The van der Waals surface area contributed by atoms with E-state index in [9.17, 15) is 14.4 Å². The van der Waals surface area contributed by atoms with Crippen LogP contribution in [-0.4, -0.2) is 49.4 Å². The van der Waals surface area contributed by atoms with Crippen LogP contribution in [0.25, 0.3) is 11.4 Å². The number of hydrogen-bond acceptors (Lipinski definition) is 5. The van der Waals surface area contributed by atoms with Gasteiger partial charge in [-0.25, -0.2) is 4.98 Å². The summed E-state index contributed by atoms with van der Waals surface area (Å²) in [6.45, 7) is 5.39. The molecular formula is C18H22N4O4. The first kappa shape index (κ1) is 19.3. The smallest absolute Gasteiger partial charge is 0.305 e. The Morgan fingerprint density at radius 3 is 2.62 bits per heavy atom. The average molecular weight is 358 g/mol. The first-order valence-electron chi connectivity index (χ1n) is 8.31. The molecule has 0 spiro atoms. The quantitative estimate of drug-likeness (QED) is 0.773. The predicted octanol–water partition coefficient (Wildman–Crippen LogP) is 1.39. The molecule has 0 radical (unpaired) electrons. The minimum absolute atomic E-state index is 0.101. The Hall–Kier alpha value is -3.03. The standard InChI is InChI=1S/C18H22N4O4/c1-11(2)22(8-6-16(24)25)15(23)9-14-12(3)20-17(21-18(14)26)13-5-4-7-19-10-13/h4-5,7,10-11H,6,8-9H2,1-3H3,(H,24,25)(H,20,21,26). The molecule has 2 N–H and O–H groups in total. The van der Waals surface area contributed by atoms with Crippen LogP contribution in [0.2, 0.25) is 0 Å². The van der Waals surface area contributed by atoms with Crippen LogP contribution in [0.4, 0.5) is 0 Å². The molecule has 0 aliphatic rings. The van der Waals surface area contributed by atoms with Crippen molar-refractivity contribution in [3.05, 3.63) is 46.1 Å². The van der Waals surface area contributed by atoms with Crippen LogP contribution in [0, 0.1) is 6.92 Å². The van der Waals surface area contributed by atoms with Crippen molar-refractivity contribution in [1.29, 1.82) is 0 Å². The average Bonchev–Trinajstić information content (AvgIpc) is 2.58. The molecule has 0 saturated heterocycles. The van der Waals surface area contributed by atoms with E-state index in [1.54, 1.807) is 45.3 Å². The van der Waals surface area contributed by atoms with Gasteiger partial charge in [-0.3, -0.25) is 19.4 Å². The van der Waals surface area contributed by atoms with E-state index in [0.717, 1.165) is 0 Å². The number of aryl methyl sites for hydroxylation is 1. The molecule has 0 unspecified atom stereocenters. The van der Waals surface area contributed by atoms with E-state index in [2.05, 4.69) is 15.0 Å². The van der Waals surface area contributed by atoms with Gasteiger partial charge in [-0.15, -0.1) is 0 Å². The van der Waals surface area contributed by atoms with Crippen molar-refractivity contribution in [2.75, 3.05) is 6.54 Å². The maximum absolute atomic E-state index is 12.6. The van der Waals surface area contributed by atoms with Crippen LogP contribution in [-0.2, 0) is 16.0 Å². The molecule has 2 heterocycles. The molecule has 138 valence electrons. The highest BCUT2D eigenvalue weighted by molar-refractivity contribution is 5.80. The van der Waals surface area contributed by atoms with Gasteiger partial charge in [0.2, 0.25) is 5.91 Å². The maximum atomic E-state index is 12.6. The molecule has 0 atom stereocenters. The third-order valence-corrected chi connectivity index (χ3v) is 4.00. The van der Waals surface area contributed by atoms with Crippen molar-refractivity contribution in [3.8, 4) is 11.4 Å². The zero-order valence-corrected chi connectivity index (χ0v) is 15.0. The molecule has 0 aromatic carbocycles. The van der Waals surface area contributed by atoms with E-state index in [1.807, 2.05) is 0 Å². The summed E-state index contributed by atoms with van der Waals surface area (Å²) < 4.78 is 0. The van der Waals surface area contributed by atoms with Gasteiger partial charge in [0, 0.05) is 41.8 Å². The molecule has 1 amide bonds. The fourth-order valence-corrected chi connectivity index (χ4v) is 2.60. The maximum Gasteiger partial charge on any atom is 0.305 e. The summed E-state index contributed by atoms with van der Waals surface area (Å²) in [6, 6.07) is 3.36. The topological polar surface area (TPSA) is 116 Å². The highest BCUT2D eigenvalue weighted by atomic mass is 16.4. The van der Waals surface area contributed by atoms with Crippen LogP contribution in [0.5, 0.6) is 0 Å². The van der Waals surface area contributed by atoms with Gasteiger partial charge < -0.3 is 15.0 Å². The van der Waals surface area contributed by atoms with Crippen LogP contribution in [0.3, 0.4) is 0 Å². The molecule has 0 aliphatic carbocycles. The van der Waals surface area contributed by atoms with E-state index in [-0.39, 0.29) is 42.5 Å². The number of rotatable bonds is 7. The second-order valence-electron chi connectivity index (χ2n) is 6.22. The van der Waals surface area contributed by atoms with E-state index in [0.29, 0.717) is 17.1 Å². The van der Waals surface area contributed by atoms with E-state index in [4.69, 9.17) is 5.11 Å². The fraction of sp³-hybridized carbons (Fsp3) is 0.389. The summed E-state index contributed by atoms with van der Waals surface area (Å²) >= 11 is 0. The van der Waals surface area contributed by atoms with Crippen molar-refractivity contribution < 1.29 is 14.7 Å². The van der Waals surface area contributed by atoms with Gasteiger partial charge in [-0.2, -0.15) is 0 Å². The van der Waals surface area contributed by atoms with E-state index in [1.165, 1.54) is 4.90 Å². The number of nitrogens with zero attached hydrogens (tertiary/aromatic N) is 3. The zero-order chi connectivity index (χ0) is 19.3. The number of carbonyl (C=O) groups excluding carboxylic acids is 1. The number of carboxylic acid groups (broad SMARTS) is 1. The number of aromatic nitrogens is 3. The number of carbonyl (C=O) groups is 2. The summed E-state index contributed by atoms with van der Waals surface area (Å²) in [5, 5.41) is 8.83. The third kappa shape index (κ3) is 4.75. The van der Waals surface area contributed by atoms with E-state index >= 15 is 0 Å². The van der Waals surface area contributed by atoms with Crippen LogP contribution < -0.4 is 5.56 Å². The Bertz CT molecular complexity index is 846. The van der Waals surface area contributed by atoms with Gasteiger partial charge in [0.25, 0.3) is 5.56 Å². The highest BCUT2D eigenvalue weighted by Gasteiger charge is 2.21. The third-order valence-electron chi connectivity index (χ3n) is 4.00. The van der Waals surface area contributed by atoms with Crippen molar-refractivity contribution >= 4 is 11.9 Å². The van der Waals surface area contributed by atoms with Crippen LogP contribution in [0.15, 0.2) is 29.3 Å². The van der Waals surface area contributed by atoms with Crippen LogP contribution in [0.1, 0.15) is 31.5 Å². The molecule has 0 saturated carbocycles. The molecule has 8 heteroatoms. The summed E-state index contributed by atoms with van der Waals surface area (Å²) in [5.41, 5.74) is 1.04. The van der Waals surface area contributed by atoms with Gasteiger partial charge in [0.15, 0.2) is 0 Å². The van der Waals surface area contributed by atoms with Crippen molar-refractivity contribution in [2.45, 2.75) is 39.7 Å². The van der Waals surface area contributed by atoms with Crippen molar-refractivity contribution in [3.63, 3.8) is 0 Å². The monoisotopic (exact) mass is 358 g/mol. The molecule has 8 nitrogen and oxygen atoms in total. The Balaban J connectivity index is 2.24. The lowest BCUT2D eigenvalue weighted by Crippen LogP contribution is -2.40. The number of amides is 1. The lowest BCUT2D eigenvalue weighted by molar-refractivity contribution is -0.139. The first-order valence-corrected chi connectivity index (χ1v) is 8.31. The Morgan fingerprint density at radius 2 is 2.08 bits per heavy atom. The summed E-state index contributed by atoms with van der Waals surface area (Å²) in [6.07, 6.45) is 2.95. The van der Waals surface area contributed by atoms with Crippen molar-refractivity contribution in [1.82, 2.24) is 19.9 Å².